The molecule has 4 rings (SSSR count). The zero-order valence-electron chi connectivity index (χ0n) is 15.3. The molecule has 27 heavy (non-hydrogen) atoms. The van der Waals surface area contributed by atoms with Crippen molar-refractivity contribution in [3.05, 3.63) is 53.6 Å². The van der Waals surface area contributed by atoms with Crippen LogP contribution in [-0.4, -0.2) is 29.3 Å². The van der Waals surface area contributed by atoms with Crippen LogP contribution < -0.4 is 10.1 Å². The van der Waals surface area contributed by atoms with Crippen molar-refractivity contribution in [2.75, 3.05) is 12.4 Å². The predicted molar refractivity (Wildman–Crippen MR) is 111 cm³/mol. The second-order valence-electron chi connectivity index (χ2n) is 7.05. The monoisotopic (exact) mass is 382 g/mol. The molecule has 0 radical (unpaired) electrons. The molecule has 2 atom stereocenters. The van der Waals surface area contributed by atoms with Crippen LogP contribution in [0.25, 0.3) is 22.2 Å². The molecule has 0 aliphatic heterocycles. The third-order valence-corrected chi connectivity index (χ3v) is 5.46. The molecule has 0 saturated heterocycles. The summed E-state index contributed by atoms with van der Waals surface area (Å²) in [5.74, 6) is 0.774. The van der Waals surface area contributed by atoms with Crippen LogP contribution in [0.5, 0.6) is 5.75 Å². The minimum atomic E-state index is -0.334. The van der Waals surface area contributed by atoms with Gasteiger partial charge in [-0.15, -0.1) is 0 Å². The van der Waals surface area contributed by atoms with Crippen LogP contribution in [-0.2, 0) is 0 Å². The van der Waals surface area contributed by atoms with Gasteiger partial charge in [0.1, 0.15) is 5.75 Å². The van der Waals surface area contributed by atoms with E-state index >= 15 is 0 Å². The molecule has 0 spiro atoms. The van der Waals surface area contributed by atoms with Gasteiger partial charge in [0.25, 0.3) is 0 Å². The molecule has 3 aromatic rings. The van der Waals surface area contributed by atoms with Gasteiger partial charge >= 0.3 is 0 Å². The van der Waals surface area contributed by atoms with E-state index in [4.69, 9.17) is 21.3 Å². The van der Waals surface area contributed by atoms with Crippen molar-refractivity contribution in [2.45, 2.75) is 37.8 Å². The Balaban J connectivity index is 1.77. The Morgan fingerprint density at radius 3 is 2.59 bits per heavy atom. The topological polar surface area (TPSA) is 54.4 Å². The second kappa shape index (κ2) is 7.75. The molecule has 1 saturated carbocycles. The molecule has 2 N–H and O–H groups in total. The minimum Gasteiger partial charge on any atom is -0.497 e. The Hall–Kier alpha value is -2.30. The SMILES string of the molecule is COc1cc(N[C@@H]2CCCC[C@H]2O)c2nc(-c3ccc(Cl)cc3)ccc2c1. The summed E-state index contributed by atoms with van der Waals surface area (Å²) in [7, 11) is 1.66. The van der Waals surface area contributed by atoms with Gasteiger partial charge in [-0.1, -0.05) is 42.6 Å². The van der Waals surface area contributed by atoms with Crippen LogP contribution in [0.4, 0.5) is 5.69 Å². The molecule has 2 aromatic carbocycles. The molecule has 0 bridgehead atoms. The first kappa shape index (κ1) is 18.1. The largest absolute Gasteiger partial charge is 0.497 e. The first-order valence-corrected chi connectivity index (χ1v) is 9.71. The molecule has 0 amide bonds. The highest BCUT2D eigenvalue weighted by molar-refractivity contribution is 6.30. The maximum atomic E-state index is 10.4. The highest BCUT2D eigenvalue weighted by atomic mass is 35.5. The number of rotatable bonds is 4. The summed E-state index contributed by atoms with van der Waals surface area (Å²) in [5, 5.41) is 15.6. The molecular weight excluding hydrogens is 360 g/mol. The summed E-state index contributed by atoms with van der Waals surface area (Å²) in [6, 6.07) is 15.7. The quantitative estimate of drug-likeness (QED) is 0.644. The van der Waals surface area contributed by atoms with E-state index in [1.165, 1.54) is 0 Å². The molecule has 1 aliphatic rings. The van der Waals surface area contributed by atoms with E-state index in [0.29, 0.717) is 5.02 Å². The number of aliphatic hydroxyl groups excluding tert-OH is 1. The highest BCUT2D eigenvalue weighted by Gasteiger charge is 2.23. The number of aliphatic hydroxyl groups is 1. The number of benzene rings is 2. The summed E-state index contributed by atoms with van der Waals surface area (Å²) >= 11 is 6.01. The fourth-order valence-electron chi connectivity index (χ4n) is 3.70. The first-order chi connectivity index (χ1) is 13.1. The summed E-state index contributed by atoms with van der Waals surface area (Å²) in [4.78, 5) is 4.90. The van der Waals surface area contributed by atoms with Crippen molar-refractivity contribution < 1.29 is 9.84 Å². The second-order valence-corrected chi connectivity index (χ2v) is 7.49. The lowest BCUT2D eigenvalue weighted by Gasteiger charge is -2.29. The van der Waals surface area contributed by atoms with Crippen molar-refractivity contribution in [2.24, 2.45) is 0 Å². The lowest BCUT2D eigenvalue weighted by Crippen LogP contribution is -2.36. The number of nitrogens with one attached hydrogen (secondary N) is 1. The van der Waals surface area contributed by atoms with Gasteiger partial charge in [0.15, 0.2) is 0 Å². The van der Waals surface area contributed by atoms with Gasteiger partial charge in [-0.3, -0.25) is 0 Å². The molecule has 140 valence electrons. The molecule has 4 nitrogen and oxygen atoms in total. The fraction of sp³-hybridized carbons (Fsp3) is 0.318. The zero-order valence-corrected chi connectivity index (χ0v) is 16.0. The fourth-order valence-corrected chi connectivity index (χ4v) is 3.82. The number of fused-ring (bicyclic) bond motifs is 1. The highest BCUT2D eigenvalue weighted by Crippen LogP contribution is 2.33. The number of pyridine rings is 1. The first-order valence-electron chi connectivity index (χ1n) is 9.33. The smallest absolute Gasteiger partial charge is 0.121 e. The third kappa shape index (κ3) is 3.87. The van der Waals surface area contributed by atoms with Crippen LogP contribution >= 0.6 is 11.6 Å². The summed E-state index contributed by atoms with van der Waals surface area (Å²) < 4.78 is 5.46. The normalized spacial score (nSPS) is 19.8. The number of ether oxygens (including phenoxy) is 1. The van der Waals surface area contributed by atoms with E-state index in [0.717, 1.165) is 59.3 Å². The lowest BCUT2D eigenvalue weighted by molar-refractivity contribution is 0.116. The van der Waals surface area contributed by atoms with Crippen LogP contribution in [0.3, 0.4) is 0 Å². The number of aromatic nitrogens is 1. The number of hydrogen-bond acceptors (Lipinski definition) is 4. The molecular formula is C22H23ClN2O2. The molecule has 1 aromatic heterocycles. The number of halogens is 1. The van der Waals surface area contributed by atoms with E-state index < -0.39 is 0 Å². The Morgan fingerprint density at radius 1 is 1.07 bits per heavy atom. The van der Waals surface area contributed by atoms with Crippen molar-refractivity contribution in [3.63, 3.8) is 0 Å². The Bertz CT molecular complexity index is 943. The van der Waals surface area contributed by atoms with Gasteiger partial charge in [0.05, 0.1) is 36.2 Å². The summed E-state index contributed by atoms with van der Waals surface area (Å²) in [6.07, 6.45) is 3.66. The third-order valence-electron chi connectivity index (χ3n) is 5.21. The maximum absolute atomic E-state index is 10.4. The molecule has 1 fully saturated rings. The summed E-state index contributed by atoms with van der Waals surface area (Å²) in [5.41, 5.74) is 3.67. The number of hydrogen-bond donors (Lipinski definition) is 2. The van der Waals surface area contributed by atoms with Gasteiger partial charge in [0, 0.05) is 22.0 Å². The average Bonchev–Trinajstić information content (AvgIpc) is 2.70. The number of nitrogens with zero attached hydrogens (tertiary/aromatic N) is 1. The van der Waals surface area contributed by atoms with E-state index in [1.807, 2.05) is 42.5 Å². The summed E-state index contributed by atoms with van der Waals surface area (Å²) in [6.45, 7) is 0. The Labute approximate surface area is 164 Å². The van der Waals surface area contributed by atoms with Crippen molar-refractivity contribution in [3.8, 4) is 17.0 Å². The average molecular weight is 383 g/mol. The van der Waals surface area contributed by atoms with Crippen LogP contribution in [0.15, 0.2) is 48.5 Å². The zero-order chi connectivity index (χ0) is 18.8. The van der Waals surface area contributed by atoms with E-state index in [-0.39, 0.29) is 12.1 Å². The van der Waals surface area contributed by atoms with Gasteiger partial charge in [-0.25, -0.2) is 4.98 Å². The molecule has 1 aliphatic carbocycles. The van der Waals surface area contributed by atoms with Crippen LogP contribution in [0.2, 0.25) is 5.02 Å². The van der Waals surface area contributed by atoms with Crippen LogP contribution in [0.1, 0.15) is 25.7 Å². The number of anilines is 1. The van der Waals surface area contributed by atoms with Crippen molar-refractivity contribution in [1.29, 1.82) is 0 Å². The minimum absolute atomic E-state index is 0.0371. The van der Waals surface area contributed by atoms with Crippen molar-refractivity contribution >= 4 is 28.2 Å². The van der Waals surface area contributed by atoms with Crippen LogP contribution in [0, 0.1) is 0 Å². The molecule has 1 heterocycles. The number of methoxy groups -OCH3 is 1. The lowest BCUT2D eigenvalue weighted by atomic mass is 9.92. The Morgan fingerprint density at radius 2 is 1.85 bits per heavy atom. The standard InChI is InChI=1S/C22H23ClN2O2/c1-27-17-12-15-8-11-18(14-6-9-16(23)10-7-14)25-22(15)20(13-17)24-19-4-2-3-5-21(19)26/h6-13,19,21,24,26H,2-5H2,1H3/t19-,21-/m1/s1. The van der Waals surface area contributed by atoms with Gasteiger partial charge in [-0.05, 0) is 37.1 Å². The molecule has 0 unspecified atom stereocenters. The molecule has 5 heteroatoms. The maximum Gasteiger partial charge on any atom is 0.121 e. The Kier molecular flexibility index (Phi) is 5.19. The van der Waals surface area contributed by atoms with Crippen molar-refractivity contribution in [1.82, 2.24) is 4.98 Å². The predicted octanol–water partition coefficient (Wildman–Crippen LogP) is 5.28. The van der Waals surface area contributed by atoms with E-state index in [9.17, 15) is 5.11 Å². The van der Waals surface area contributed by atoms with Gasteiger partial charge in [-0.2, -0.15) is 0 Å². The van der Waals surface area contributed by atoms with Gasteiger partial charge in [0.2, 0.25) is 0 Å². The van der Waals surface area contributed by atoms with E-state index in [2.05, 4.69) is 11.4 Å². The van der Waals surface area contributed by atoms with Gasteiger partial charge < -0.3 is 15.2 Å². The van der Waals surface area contributed by atoms with E-state index in [1.54, 1.807) is 7.11 Å².